The standard InChI is InChI=1S/C24H19N3O2/c28-23-15-27(21-13-7-5-11-19(21)25-23)24(29)16-26-20-12-6-4-10-18(20)14-22(26)17-8-2-1-3-9-17/h1-14H,15-16H2,(H,25,28). The molecule has 0 saturated carbocycles. The first-order valence-corrected chi connectivity index (χ1v) is 9.53. The number of nitrogens with zero attached hydrogens (tertiary/aromatic N) is 2. The number of amides is 2. The maximum absolute atomic E-state index is 13.3. The van der Waals surface area contributed by atoms with Crippen molar-refractivity contribution in [3.8, 4) is 11.3 Å². The lowest BCUT2D eigenvalue weighted by atomic mass is 10.1. The minimum Gasteiger partial charge on any atom is -0.331 e. The first-order chi connectivity index (χ1) is 14.2. The molecular formula is C24H19N3O2. The molecule has 1 aromatic heterocycles. The average Bonchev–Trinajstić information content (AvgIpc) is 3.12. The lowest BCUT2D eigenvalue weighted by molar-refractivity contribution is -0.122. The second-order valence-corrected chi connectivity index (χ2v) is 7.09. The summed E-state index contributed by atoms with van der Waals surface area (Å²) in [6.07, 6.45) is 0. The molecule has 2 heterocycles. The largest absolute Gasteiger partial charge is 0.331 e. The Labute approximate surface area is 168 Å². The number of aromatic nitrogens is 1. The van der Waals surface area contributed by atoms with E-state index in [0.29, 0.717) is 5.69 Å². The van der Waals surface area contributed by atoms with Crippen molar-refractivity contribution in [1.29, 1.82) is 0 Å². The second-order valence-electron chi connectivity index (χ2n) is 7.09. The molecule has 0 aliphatic carbocycles. The van der Waals surface area contributed by atoms with E-state index in [1.54, 1.807) is 4.90 Å². The minimum atomic E-state index is -0.183. The molecule has 0 saturated heterocycles. The Morgan fingerprint density at radius 2 is 1.62 bits per heavy atom. The molecule has 142 valence electrons. The minimum absolute atomic E-state index is 0.0235. The van der Waals surface area contributed by atoms with E-state index < -0.39 is 0 Å². The van der Waals surface area contributed by atoms with Crippen LogP contribution >= 0.6 is 0 Å². The van der Waals surface area contributed by atoms with Gasteiger partial charge in [0.2, 0.25) is 11.8 Å². The monoisotopic (exact) mass is 381 g/mol. The zero-order valence-corrected chi connectivity index (χ0v) is 15.7. The zero-order valence-electron chi connectivity index (χ0n) is 15.7. The van der Waals surface area contributed by atoms with Crippen molar-refractivity contribution in [3.05, 3.63) is 84.9 Å². The summed E-state index contributed by atoms with van der Waals surface area (Å²) in [5, 5.41) is 3.91. The van der Waals surface area contributed by atoms with Crippen LogP contribution in [0.5, 0.6) is 0 Å². The van der Waals surface area contributed by atoms with E-state index in [1.165, 1.54) is 0 Å². The summed E-state index contributed by atoms with van der Waals surface area (Å²) in [4.78, 5) is 27.0. The molecule has 1 aliphatic rings. The molecule has 1 N–H and O–H groups in total. The van der Waals surface area contributed by atoms with Crippen molar-refractivity contribution in [2.75, 3.05) is 16.8 Å². The van der Waals surface area contributed by atoms with Gasteiger partial charge in [0, 0.05) is 16.6 Å². The SMILES string of the molecule is O=C1CN(C(=O)Cn2c(-c3ccccc3)cc3ccccc32)c2ccccc2N1. The third-order valence-corrected chi connectivity index (χ3v) is 5.25. The van der Waals surface area contributed by atoms with Crippen LogP contribution in [-0.2, 0) is 16.1 Å². The first kappa shape index (κ1) is 17.3. The van der Waals surface area contributed by atoms with Gasteiger partial charge in [-0.1, -0.05) is 60.7 Å². The van der Waals surface area contributed by atoms with E-state index in [2.05, 4.69) is 11.4 Å². The number of benzene rings is 3. The van der Waals surface area contributed by atoms with Crippen molar-refractivity contribution in [2.45, 2.75) is 6.54 Å². The van der Waals surface area contributed by atoms with Gasteiger partial charge in [0.1, 0.15) is 13.1 Å². The molecule has 1 aliphatic heterocycles. The van der Waals surface area contributed by atoms with Crippen LogP contribution in [0, 0.1) is 0 Å². The van der Waals surface area contributed by atoms with Crippen LogP contribution in [0.1, 0.15) is 0 Å². The topological polar surface area (TPSA) is 54.3 Å². The molecule has 0 radical (unpaired) electrons. The number of rotatable bonds is 3. The zero-order chi connectivity index (χ0) is 19.8. The first-order valence-electron chi connectivity index (χ1n) is 9.53. The molecule has 5 nitrogen and oxygen atoms in total. The highest BCUT2D eigenvalue weighted by Gasteiger charge is 2.27. The summed E-state index contributed by atoms with van der Waals surface area (Å²) >= 11 is 0. The molecule has 2 amide bonds. The fraction of sp³-hybridized carbons (Fsp3) is 0.0833. The molecule has 4 aromatic rings. The second kappa shape index (κ2) is 6.95. The third-order valence-electron chi connectivity index (χ3n) is 5.25. The van der Waals surface area contributed by atoms with Gasteiger partial charge < -0.3 is 9.88 Å². The highest BCUT2D eigenvalue weighted by atomic mass is 16.2. The van der Waals surface area contributed by atoms with Gasteiger partial charge in [-0.05, 0) is 29.8 Å². The molecule has 0 spiro atoms. The normalized spacial score (nSPS) is 13.2. The van der Waals surface area contributed by atoms with Crippen molar-refractivity contribution in [3.63, 3.8) is 0 Å². The summed E-state index contributed by atoms with van der Waals surface area (Å²) in [5.41, 5.74) is 4.42. The number of anilines is 2. The summed E-state index contributed by atoms with van der Waals surface area (Å²) in [6.45, 7) is 0.176. The van der Waals surface area contributed by atoms with E-state index in [-0.39, 0.29) is 24.9 Å². The molecule has 29 heavy (non-hydrogen) atoms. The van der Waals surface area contributed by atoms with Gasteiger partial charge in [0.25, 0.3) is 0 Å². The summed E-state index contributed by atoms with van der Waals surface area (Å²) < 4.78 is 2.03. The van der Waals surface area contributed by atoms with Gasteiger partial charge in [-0.3, -0.25) is 14.5 Å². The highest BCUT2D eigenvalue weighted by molar-refractivity contribution is 6.10. The van der Waals surface area contributed by atoms with Crippen molar-refractivity contribution in [2.24, 2.45) is 0 Å². The average molecular weight is 381 g/mol. The van der Waals surface area contributed by atoms with E-state index in [1.807, 2.05) is 83.4 Å². The van der Waals surface area contributed by atoms with Gasteiger partial charge in [-0.15, -0.1) is 0 Å². The number of fused-ring (bicyclic) bond motifs is 2. The summed E-state index contributed by atoms with van der Waals surface area (Å²) in [7, 11) is 0. The van der Waals surface area contributed by atoms with Crippen LogP contribution < -0.4 is 10.2 Å². The Morgan fingerprint density at radius 3 is 2.48 bits per heavy atom. The van der Waals surface area contributed by atoms with E-state index in [0.717, 1.165) is 27.8 Å². The number of carbonyl (C=O) groups is 2. The fourth-order valence-corrected chi connectivity index (χ4v) is 3.91. The van der Waals surface area contributed by atoms with Crippen LogP contribution in [0.25, 0.3) is 22.2 Å². The smallest absolute Gasteiger partial charge is 0.247 e. The van der Waals surface area contributed by atoms with E-state index in [4.69, 9.17) is 0 Å². The van der Waals surface area contributed by atoms with Crippen LogP contribution in [0.15, 0.2) is 84.9 Å². The van der Waals surface area contributed by atoms with Crippen LogP contribution in [0.2, 0.25) is 0 Å². The quantitative estimate of drug-likeness (QED) is 0.575. The van der Waals surface area contributed by atoms with Gasteiger partial charge in [0.05, 0.1) is 11.4 Å². The summed E-state index contributed by atoms with van der Waals surface area (Å²) in [5.74, 6) is -0.302. The van der Waals surface area contributed by atoms with Gasteiger partial charge in [-0.25, -0.2) is 0 Å². The number of hydrogen-bond donors (Lipinski definition) is 1. The lowest BCUT2D eigenvalue weighted by Gasteiger charge is -2.29. The molecule has 5 rings (SSSR count). The summed E-state index contributed by atoms with van der Waals surface area (Å²) in [6, 6.07) is 27.6. The van der Waals surface area contributed by atoms with Crippen LogP contribution in [0.4, 0.5) is 11.4 Å². The van der Waals surface area contributed by atoms with E-state index in [9.17, 15) is 9.59 Å². The Kier molecular flexibility index (Phi) is 4.13. The Morgan fingerprint density at radius 1 is 0.897 bits per heavy atom. The molecule has 5 heteroatoms. The predicted molar refractivity (Wildman–Crippen MR) is 115 cm³/mol. The van der Waals surface area contributed by atoms with Crippen molar-refractivity contribution >= 4 is 34.1 Å². The van der Waals surface area contributed by atoms with Gasteiger partial charge >= 0.3 is 0 Å². The molecule has 0 bridgehead atoms. The molecule has 0 unspecified atom stereocenters. The predicted octanol–water partition coefficient (Wildman–Crippen LogP) is 4.29. The third kappa shape index (κ3) is 3.06. The van der Waals surface area contributed by atoms with E-state index >= 15 is 0 Å². The lowest BCUT2D eigenvalue weighted by Crippen LogP contribution is -2.43. The highest BCUT2D eigenvalue weighted by Crippen LogP contribution is 2.31. The fourth-order valence-electron chi connectivity index (χ4n) is 3.91. The Bertz CT molecular complexity index is 1230. The van der Waals surface area contributed by atoms with Crippen LogP contribution in [0.3, 0.4) is 0 Å². The maximum atomic E-state index is 13.3. The molecule has 0 fully saturated rings. The molecular weight excluding hydrogens is 362 g/mol. The number of hydrogen-bond acceptors (Lipinski definition) is 2. The molecule has 3 aromatic carbocycles. The maximum Gasteiger partial charge on any atom is 0.247 e. The number of nitrogens with one attached hydrogen (secondary N) is 1. The van der Waals surface area contributed by atoms with Crippen LogP contribution in [-0.4, -0.2) is 22.9 Å². The Balaban J connectivity index is 1.57. The Hall–Kier alpha value is -3.86. The van der Waals surface area contributed by atoms with Crippen molar-refractivity contribution in [1.82, 2.24) is 4.57 Å². The van der Waals surface area contributed by atoms with Gasteiger partial charge in [0.15, 0.2) is 0 Å². The number of carbonyl (C=O) groups excluding carboxylic acids is 2. The van der Waals surface area contributed by atoms with Gasteiger partial charge in [-0.2, -0.15) is 0 Å². The van der Waals surface area contributed by atoms with Crippen molar-refractivity contribution < 1.29 is 9.59 Å². The number of para-hydroxylation sites is 3. The molecule has 0 atom stereocenters.